The number of hydrogen-bond donors (Lipinski definition) is 1. The molecule has 0 radical (unpaired) electrons. The number of piperidine rings is 1. The van der Waals surface area contributed by atoms with Crippen molar-refractivity contribution in [3.63, 3.8) is 0 Å². The zero-order valence-electron chi connectivity index (χ0n) is 20.8. The Hall–Kier alpha value is -3.31. The molecule has 0 bridgehead atoms. The summed E-state index contributed by atoms with van der Waals surface area (Å²) in [6.45, 7) is 0.107. The summed E-state index contributed by atoms with van der Waals surface area (Å²) < 4.78 is 70.0. The minimum Gasteiger partial charge on any atom is -0.308 e. The van der Waals surface area contributed by atoms with E-state index in [9.17, 15) is 21.6 Å². The lowest BCUT2D eigenvalue weighted by molar-refractivity contribution is -0.121. The van der Waals surface area contributed by atoms with Crippen LogP contribution in [0.25, 0.3) is 21.9 Å². The second-order valence-corrected chi connectivity index (χ2v) is 13.5. The molecule has 1 aliphatic heterocycles. The van der Waals surface area contributed by atoms with Crippen LogP contribution < -0.4 is 9.62 Å². The molecular weight excluding hydrogens is 563 g/mol. The van der Waals surface area contributed by atoms with Gasteiger partial charge in [0.25, 0.3) is 0 Å². The van der Waals surface area contributed by atoms with E-state index in [0.717, 1.165) is 16.5 Å². The Kier molecular flexibility index (Phi) is 7.23. The molecule has 1 atom stereocenters. The van der Waals surface area contributed by atoms with Gasteiger partial charge in [-0.25, -0.2) is 21.2 Å². The topological polar surface area (TPSA) is 101 Å². The fourth-order valence-electron chi connectivity index (χ4n) is 4.80. The zero-order valence-corrected chi connectivity index (χ0v) is 23.2. The Morgan fingerprint density at radius 2 is 1.64 bits per heavy atom. The van der Waals surface area contributed by atoms with Gasteiger partial charge in [0.15, 0.2) is 15.7 Å². The molecule has 1 heterocycles. The van der Waals surface area contributed by atoms with Crippen LogP contribution in [0.1, 0.15) is 12.8 Å². The SMILES string of the molecule is CS(=O)(=O)c1c(-c2ccccc2)ccc(N2CCCC(NS(=O)(=O)c3ccc4ccc(Cl)cc4c3)C2=O)c1F. The fraction of sp³-hybridized carbons (Fsp3) is 0.179. The minimum atomic E-state index is -4.12. The predicted octanol–water partition coefficient (Wildman–Crippen LogP) is 5.18. The Balaban J connectivity index is 1.47. The number of sulfone groups is 1. The van der Waals surface area contributed by atoms with Gasteiger partial charge in [0.2, 0.25) is 15.9 Å². The number of carbonyl (C=O) groups excluding carboxylic acids is 1. The molecule has 7 nitrogen and oxygen atoms in total. The van der Waals surface area contributed by atoms with E-state index in [1.165, 1.54) is 24.3 Å². The van der Waals surface area contributed by atoms with Crippen LogP contribution in [0.4, 0.5) is 10.1 Å². The van der Waals surface area contributed by atoms with E-state index < -0.39 is 42.5 Å². The molecule has 1 aliphatic rings. The van der Waals surface area contributed by atoms with Crippen molar-refractivity contribution in [2.24, 2.45) is 0 Å². The second-order valence-electron chi connectivity index (χ2n) is 9.37. The van der Waals surface area contributed by atoms with Crippen molar-refractivity contribution in [1.82, 2.24) is 4.72 Å². The summed E-state index contributed by atoms with van der Waals surface area (Å²) in [5, 5.41) is 1.88. The summed E-state index contributed by atoms with van der Waals surface area (Å²) in [6, 6.07) is 19.8. The van der Waals surface area contributed by atoms with Crippen molar-refractivity contribution in [1.29, 1.82) is 0 Å². The molecule has 11 heteroatoms. The number of nitrogens with one attached hydrogen (secondary N) is 1. The molecule has 0 aliphatic carbocycles. The highest BCUT2D eigenvalue weighted by atomic mass is 35.5. The number of halogens is 2. The van der Waals surface area contributed by atoms with Gasteiger partial charge in [-0.3, -0.25) is 4.79 Å². The third-order valence-electron chi connectivity index (χ3n) is 6.64. The number of nitrogens with zero attached hydrogens (tertiary/aromatic N) is 1. The summed E-state index contributed by atoms with van der Waals surface area (Å²) in [4.78, 5) is 14.0. The van der Waals surface area contributed by atoms with E-state index in [4.69, 9.17) is 11.6 Å². The van der Waals surface area contributed by atoms with E-state index in [2.05, 4.69) is 4.72 Å². The van der Waals surface area contributed by atoms with Gasteiger partial charge in [-0.2, -0.15) is 4.72 Å². The van der Waals surface area contributed by atoms with Gasteiger partial charge in [-0.05, 0) is 59.5 Å². The van der Waals surface area contributed by atoms with Gasteiger partial charge in [-0.15, -0.1) is 0 Å². The van der Waals surface area contributed by atoms with Crippen LogP contribution in [0.5, 0.6) is 0 Å². The van der Waals surface area contributed by atoms with Crippen LogP contribution >= 0.6 is 11.6 Å². The zero-order chi connectivity index (χ0) is 27.9. The number of anilines is 1. The highest BCUT2D eigenvalue weighted by molar-refractivity contribution is 7.91. The first kappa shape index (κ1) is 27.3. The summed E-state index contributed by atoms with van der Waals surface area (Å²) >= 11 is 6.05. The molecule has 1 unspecified atom stereocenters. The lowest BCUT2D eigenvalue weighted by Crippen LogP contribution is -2.52. The molecule has 202 valence electrons. The Morgan fingerprint density at radius 1 is 0.923 bits per heavy atom. The van der Waals surface area contributed by atoms with E-state index in [-0.39, 0.29) is 29.1 Å². The number of benzene rings is 4. The molecule has 4 aromatic rings. The monoisotopic (exact) mass is 586 g/mol. The smallest absolute Gasteiger partial charge is 0.245 e. The van der Waals surface area contributed by atoms with E-state index in [0.29, 0.717) is 22.4 Å². The molecule has 1 saturated heterocycles. The van der Waals surface area contributed by atoms with Gasteiger partial charge >= 0.3 is 0 Å². The summed E-state index contributed by atoms with van der Waals surface area (Å²) in [7, 11) is -8.14. The molecular formula is C28H24ClFN2O5S2. The van der Waals surface area contributed by atoms with Gasteiger partial charge in [0, 0.05) is 23.4 Å². The number of amides is 1. The van der Waals surface area contributed by atoms with Crippen molar-refractivity contribution in [2.45, 2.75) is 28.7 Å². The number of sulfonamides is 1. The third-order valence-corrected chi connectivity index (χ3v) is 9.49. The maximum Gasteiger partial charge on any atom is 0.245 e. The van der Waals surface area contributed by atoms with Gasteiger partial charge < -0.3 is 4.90 Å². The van der Waals surface area contributed by atoms with E-state index >= 15 is 4.39 Å². The summed E-state index contributed by atoms with van der Waals surface area (Å²) in [5.41, 5.74) is 0.470. The highest BCUT2D eigenvalue weighted by Crippen LogP contribution is 2.36. The van der Waals surface area contributed by atoms with Crippen molar-refractivity contribution in [3.05, 3.63) is 89.7 Å². The maximum absolute atomic E-state index is 15.9. The Morgan fingerprint density at radius 3 is 2.36 bits per heavy atom. The minimum absolute atomic E-state index is 0.0417. The maximum atomic E-state index is 15.9. The molecule has 4 aromatic carbocycles. The molecule has 0 saturated carbocycles. The average molecular weight is 587 g/mol. The van der Waals surface area contributed by atoms with Gasteiger partial charge in [0.1, 0.15) is 10.9 Å². The molecule has 39 heavy (non-hydrogen) atoms. The fourth-order valence-corrected chi connectivity index (χ4v) is 7.26. The Labute approximate surface area is 231 Å². The normalized spacial score (nSPS) is 16.5. The van der Waals surface area contributed by atoms with Crippen molar-refractivity contribution < 1.29 is 26.0 Å². The first-order chi connectivity index (χ1) is 18.5. The lowest BCUT2D eigenvalue weighted by Gasteiger charge is -2.33. The third kappa shape index (κ3) is 5.42. The second kappa shape index (κ2) is 10.3. The number of rotatable bonds is 6. The molecule has 1 N–H and O–H groups in total. The van der Waals surface area contributed by atoms with Crippen LogP contribution in [-0.4, -0.2) is 41.6 Å². The van der Waals surface area contributed by atoms with Crippen LogP contribution in [-0.2, 0) is 24.7 Å². The first-order valence-corrected chi connectivity index (χ1v) is 15.8. The predicted molar refractivity (Wildman–Crippen MR) is 150 cm³/mol. The Bertz CT molecular complexity index is 1810. The molecule has 1 amide bonds. The first-order valence-electron chi connectivity index (χ1n) is 12.1. The number of hydrogen-bond acceptors (Lipinski definition) is 5. The van der Waals surface area contributed by atoms with Crippen LogP contribution in [0.2, 0.25) is 5.02 Å². The van der Waals surface area contributed by atoms with Crippen LogP contribution in [0.3, 0.4) is 0 Å². The standard InChI is InChI=1S/C28H24ClFN2O5S2/c1-38(34,35)27-23(19-6-3-2-4-7-19)13-14-25(26(27)30)32-15-5-8-24(28(32)33)31-39(36,37)22-12-10-18-9-11-21(29)16-20(18)17-22/h2-4,6-7,9-14,16-17,24,31H,5,8,15H2,1H3. The summed E-state index contributed by atoms with van der Waals surface area (Å²) in [6.07, 6.45) is 1.49. The van der Waals surface area contributed by atoms with Crippen LogP contribution in [0, 0.1) is 5.82 Å². The van der Waals surface area contributed by atoms with Crippen molar-refractivity contribution >= 4 is 53.8 Å². The van der Waals surface area contributed by atoms with Crippen molar-refractivity contribution in [2.75, 3.05) is 17.7 Å². The average Bonchev–Trinajstić information content (AvgIpc) is 2.89. The van der Waals surface area contributed by atoms with Crippen molar-refractivity contribution in [3.8, 4) is 11.1 Å². The molecule has 1 fully saturated rings. The van der Waals surface area contributed by atoms with Gasteiger partial charge in [0.05, 0.1) is 10.6 Å². The lowest BCUT2D eigenvalue weighted by atomic mass is 10.0. The van der Waals surface area contributed by atoms with E-state index in [1.807, 2.05) is 0 Å². The van der Waals surface area contributed by atoms with Gasteiger partial charge in [-0.1, -0.05) is 60.1 Å². The molecule has 5 rings (SSSR count). The largest absolute Gasteiger partial charge is 0.308 e. The van der Waals surface area contributed by atoms with Crippen LogP contribution in [0.15, 0.2) is 88.7 Å². The highest BCUT2D eigenvalue weighted by Gasteiger charge is 2.36. The van der Waals surface area contributed by atoms with E-state index in [1.54, 1.807) is 54.6 Å². The number of carbonyl (C=O) groups is 1. The molecule has 0 aromatic heterocycles. The molecule has 0 spiro atoms. The quantitative estimate of drug-likeness (QED) is 0.336. The number of fused-ring (bicyclic) bond motifs is 1. The summed E-state index contributed by atoms with van der Waals surface area (Å²) in [5.74, 6) is -1.72.